The molecule has 1 aromatic rings. The fourth-order valence-electron chi connectivity index (χ4n) is 1.91. The zero-order valence-electron chi connectivity index (χ0n) is 10.0. The molecule has 5 nitrogen and oxygen atoms in total. The molecule has 0 radical (unpaired) electrons. The molecule has 1 fully saturated rings. The first-order chi connectivity index (χ1) is 8.13. The van der Waals surface area contributed by atoms with Crippen LogP contribution in [0.5, 0.6) is 0 Å². The molecular weight excluding hydrogens is 242 g/mol. The number of morpholine rings is 1. The number of ether oxygens (including phenoxy) is 1. The Hall–Kier alpha value is -1.07. The number of hydrogen-bond donors (Lipinski definition) is 0. The molecule has 0 amide bonds. The summed E-state index contributed by atoms with van der Waals surface area (Å²) in [6, 6.07) is 0. The molecule has 0 spiro atoms. The van der Waals surface area contributed by atoms with Crippen molar-refractivity contribution in [3.63, 3.8) is 0 Å². The quantitative estimate of drug-likeness (QED) is 0.795. The van der Waals surface area contributed by atoms with Crippen LogP contribution in [-0.4, -0.2) is 35.6 Å². The van der Waals surface area contributed by atoms with Crippen molar-refractivity contribution in [3.8, 4) is 0 Å². The Kier molecular flexibility index (Phi) is 3.69. The zero-order chi connectivity index (χ0) is 12.4. The highest BCUT2D eigenvalue weighted by atomic mass is 35.5. The lowest BCUT2D eigenvalue weighted by Gasteiger charge is -2.34. The summed E-state index contributed by atoms with van der Waals surface area (Å²) < 4.78 is 6.82. The van der Waals surface area contributed by atoms with Gasteiger partial charge in [0, 0.05) is 20.1 Å². The third-order valence-electron chi connectivity index (χ3n) is 2.99. The largest absolute Gasteiger partial charge is 0.375 e. The Bertz CT molecular complexity index is 461. The normalized spacial score (nSPS) is 20.6. The van der Waals surface area contributed by atoms with E-state index < -0.39 is 0 Å². The Morgan fingerprint density at radius 3 is 3.12 bits per heavy atom. The van der Waals surface area contributed by atoms with E-state index in [0.717, 1.165) is 19.5 Å². The van der Waals surface area contributed by atoms with Crippen LogP contribution in [0.3, 0.4) is 0 Å². The van der Waals surface area contributed by atoms with Crippen LogP contribution in [0.25, 0.3) is 0 Å². The third kappa shape index (κ3) is 2.45. The molecule has 94 valence electrons. The average Bonchev–Trinajstić information content (AvgIpc) is 2.36. The summed E-state index contributed by atoms with van der Waals surface area (Å²) in [4.78, 5) is 13.8. The summed E-state index contributed by atoms with van der Waals surface area (Å²) in [6.45, 7) is 4.23. The summed E-state index contributed by atoms with van der Waals surface area (Å²) in [7, 11) is 1.59. The average molecular weight is 258 g/mol. The maximum atomic E-state index is 11.7. The van der Waals surface area contributed by atoms with E-state index in [-0.39, 0.29) is 16.7 Å². The van der Waals surface area contributed by atoms with E-state index in [4.69, 9.17) is 16.3 Å². The summed E-state index contributed by atoms with van der Waals surface area (Å²) in [6.07, 6.45) is 2.79. The van der Waals surface area contributed by atoms with E-state index in [1.807, 2.05) is 0 Å². The van der Waals surface area contributed by atoms with E-state index in [0.29, 0.717) is 12.3 Å². The predicted octanol–water partition coefficient (Wildman–Crippen LogP) is 1.05. The lowest BCUT2D eigenvalue weighted by molar-refractivity contribution is 0.0384. The number of hydrogen-bond acceptors (Lipinski definition) is 4. The van der Waals surface area contributed by atoms with Gasteiger partial charge in [-0.25, -0.2) is 4.68 Å². The molecule has 1 aliphatic rings. The monoisotopic (exact) mass is 257 g/mol. The fraction of sp³-hybridized carbons (Fsp3) is 0.636. The van der Waals surface area contributed by atoms with Crippen molar-refractivity contribution < 1.29 is 4.74 Å². The van der Waals surface area contributed by atoms with Gasteiger partial charge >= 0.3 is 0 Å². The van der Waals surface area contributed by atoms with Crippen molar-refractivity contribution in [2.45, 2.75) is 19.4 Å². The summed E-state index contributed by atoms with van der Waals surface area (Å²) in [5.74, 6) is 0. The lowest BCUT2D eigenvalue weighted by Crippen LogP contribution is -2.43. The van der Waals surface area contributed by atoms with Crippen molar-refractivity contribution in [1.82, 2.24) is 9.78 Å². The second-order valence-corrected chi connectivity index (χ2v) is 4.50. The van der Waals surface area contributed by atoms with Crippen LogP contribution < -0.4 is 10.5 Å². The molecule has 0 saturated carbocycles. The van der Waals surface area contributed by atoms with Gasteiger partial charge < -0.3 is 9.64 Å². The molecule has 6 heteroatoms. The molecule has 2 heterocycles. The molecule has 1 atom stereocenters. The highest BCUT2D eigenvalue weighted by molar-refractivity contribution is 6.33. The molecular formula is C11H16ClN3O2. The van der Waals surface area contributed by atoms with Crippen molar-refractivity contribution in [2.75, 3.05) is 24.6 Å². The van der Waals surface area contributed by atoms with Gasteiger partial charge in [-0.05, 0) is 6.42 Å². The predicted molar refractivity (Wildman–Crippen MR) is 66.7 cm³/mol. The number of aromatic nitrogens is 2. The first-order valence-corrected chi connectivity index (χ1v) is 6.09. The van der Waals surface area contributed by atoms with Crippen LogP contribution in [0, 0.1) is 0 Å². The first kappa shape index (κ1) is 12.4. The van der Waals surface area contributed by atoms with Gasteiger partial charge in [-0.15, -0.1) is 0 Å². The van der Waals surface area contributed by atoms with Gasteiger partial charge in [0.05, 0.1) is 24.6 Å². The molecule has 0 N–H and O–H groups in total. The van der Waals surface area contributed by atoms with Crippen LogP contribution in [0.15, 0.2) is 11.0 Å². The molecule has 1 aliphatic heterocycles. The van der Waals surface area contributed by atoms with E-state index in [9.17, 15) is 4.79 Å². The second kappa shape index (κ2) is 5.06. The summed E-state index contributed by atoms with van der Waals surface area (Å²) in [5.41, 5.74) is 0.445. The van der Waals surface area contributed by atoms with Gasteiger partial charge in [-0.3, -0.25) is 4.79 Å². The van der Waals surface area contributed by atoms with Crippen LogP contribution in [0.4, 0.5) is 5.69 Å². The van der Waals surface area contributed by atoms with Gasteiger partial charge in [-0.2, -0.15) is 5.10 Å². The first-order valence-electron chi connectivity index (χ1n) is 5.71. The maximum Gasteiger partial charge on any atom is 0.287 e. The lowest BCUT2D eigenvalue weighted by atomic mass is 10.2. The zero-order valence-corrected chi connectivity index (χ0v) is 10.8. The summed E-state index contributed by atoms with van der Waals surface area (Å²) >= 11 is 6.07. The molecule has 0 unspecified atom stereocenters. The smallest absolute Gasteiger partial charge is 0.287 e. The van der Waals surface area contributed by atoms with E-state index >= 15 is 0 Å². The minimum Gasteiger partial charge on any atom is -0.375 e. The van der Waals surface area contributed by atoms with Gasteiger partial charge in [0.15, 0.2) is 0 Å². The minimum absolute atomic E-state index is 0.198. The van der Waals surface area contributed by atoms with Crippen LogP contribution in [-0.2, 0) is 11.8 Å². The molecule has 17 heavy (non-hydrogen) atoms. The topological polar surface area (TPSA) is 47.4 Å². The molecule has 0 bridgehead atoms. The molecule has 1 aromatic heterocycles. The van der Waals surface area contributed by atoms with E-state index in [1.165, 1.54) is 4.68 Å². The van der Waals surface area contributed by atoms with E-state index in [1.54, 1.807) is 13.2 Å². The van der Waals surface area contributed by atoms with Gasteiger partial charge in [0.25, 0.3) is 5.56 Å². The Labute approximate surface area is 105 Å². The highest BCUT2D eigenvalue weighted by Crippen LogP contribution is 2.23. The van der Waals surface area contributed by atoms with Crippen molar-refractivity contribution >= 4 is 17.3 Å². The molecule has 0 aromatic carbocycles. The third-order valence-corrected chi connectivity index (χ3v) is 3.35. The Morgan fingerprint density at radius 1 is 1.65 bits per heavy atom. The molecule has 0 aliphatic carbocycles. The van der Waals surface area contributed by atoms with Gasteiger partial charge in [0.2, 0.25) is 0 Å². The minimum atomic E-state index is -0.260. The highest BCUT2D eigenvalue weighted by Gasteiger charge is 2.22. The van der Waals surface area contributed by atoms with Crippen molar-refractivity contribution in [2.24, 2.45) is 7.05 Å². The molecule has 1 saturated heterocycles. The van der Waals surface area contributed by atoms with Gasteiger partial charge in [0.1, 0.15) is 5.02 Å². The fourth-order valence-corrected chi connectivity index (χ4v) is 2.20. The second-order valence-electron chi connectivity index (χ2n) is 4.12. The number of nitrogens with zero attached hydrogens (tertiary/aromatic N) is 3. The van der Waals surface area contributed by atoms with Crippen LogP contribution >= 0.6 is 11.6 Å². The van der Waals surface area contributed by atoms with Gasteiger partial charge in [-0.1, -0.05) is 18.5 Å². The van der Waals surface area contributed by atoms with Crippen molar-refractivity contribution in [3.05, 3.63) is 21.6 Å². The maximum absolute atomic E-state index is 11.7. The Morgan fingerprint density at radius 2 is 2.41 bits per heavy atom. The SMILES string of the molecule is CC[C@@H]1CN(c2cnn(C)c(=O)c2Cl)CCO1. The Balaban J connectivity index is 2.28. The number of rotatable bonds is 2. The van der Waals surface area contributed by atoms with E-state index in [2.05, 4.69) is 16.9 Å². The molecule has 2 rings (SSSR count). The van der Waals surface area contributed by atoms with Crippen LogP contribution in [0.1, 0.15) is 13.3 Å². The standard InChI is InChI=1S/C11H16ClN3O2/c1-3-8-7-15(4-5-17-8)9-6-13-14(2)11(16)10(9)12/h6,8H,3-5,7H2,1-2H3/t8-/m1/s1. The van der Waals surface area contributed by atoms with Crippen molar-refractivity contribution in [1.29, 1.82) is 0 Å². The number of halogens is 1. The van der Waals surface area contributed by atoms with Crippen LogP contribution in [0.2, 0.25) is 5.02 Å². The number of aryl methyl sites for hydroxylation is 1. The summed E-state index contributed by atoms with van der Waals surface area (Å²) in [5, 5.41) is 4.24. The number of anilines is 1.